The molecule has 3 rings (SSSR count). The highest BCUT2D eigenvalue weighted by atomic mass is 32.2. The van der Waals surface area contributed by atoms with E-state index >= 15 is 0 Å². The molecule has 2 aliphatic rings. The molecule has 0 atom stereocenters. The minimum atomic E-state index is -3.31. The average Bonchev–Trinajstić information content (AvgIpc) is 2.63. The Bertz CT molecular complexity index is 607. The predicted octanol–water partition coefficient (Wildman–Crippen LogP) is 0.720. The Morgan fingerprint density at radius 2 is 1.50 bits per heavy atom. The first-order valence-corrected chi connectivity index (χ1v) is 10.2. The van der Waals surface area contributed by atoms with E-state index in [0.29, 0.717) is 38.6 Å². The third-order valence-electron chi connectivity index (χ3n) is 5.14. The van der Waals surface area contributed by atoms with Crippen LogP contribution in [0.2, 0.25) is 0 Å². The number of nitrogens with zero attached hydrogens (tertiary/aromatic N) is 3. The highest BCUT2D eigenvalue weighted by Gasteiger charge is 2.34. The lowest BCUT2D eigenvalue weighted by Gasteiger charge is -2.38. The minimum Gasteiger partial charge on any atom is -0.330 e. The highest BCUT2D eigenvalue weighted by molar-refractivity contribution is 7.86. The Balaban J connectivity index is 1.52. The lowest BCUT2D eigenvalue weighted by Crippen LogP contribution is -2.54. The smallest absolute Gasteiger partial charge is 0.282 e. The van der Waals surface area contributed by atoms with Gasteiger partial charge in [0.15, 0.2) is 0 Å². The molecule has 1 aromatic rings. The number of nitrogens with two attached hydrogens (primary N) is 1. The van der Waals surface area contributed by atoms with Crippen molar-refractivity contribution in [3.05, 3.63) is 35.9 Å². The first-order chi connectivity index (χ1) is 11.6. The van der Waals surface area contributed by atoms with E-state index in [1.54, 1.807) is 8.61 Å². The van der Waals surface area contributed by atoms with Gasteiger partial charge in [-0.05, 0) is 30.9 Å². The third kappa shape index (κ3) is 4.15. The summed E-state index contributed by atoms with van der Waals surface area (Å²) in [5.41, 5.74) is 6.97. The molecule has 1 aromatic carbocycles. The maximum Gasteiger partial charge on any atom is 0.282 e. The van der Waals surface area contributed by atoms with Crippen LogP contribution in [0.5, 0.6) is 0 Å². The average molecular weight is 353 g/mol. The Labute approximate surface area is 145 Å². The zero-order valence-electron chi connectivity index (χ0n) is 14.2. The summed E-state index contributed by atoms with van der Waals surface area (Å²) in [5.74, 6) is 0.471. The standard InChI is InChI=1S/C17H28N4O2S/c18-14-16-6-8-20(9-7-16)24(22,23)21-12-10-19(11-13-21)15-17-4-2-1-3-5-17/h1-5,16H,6-15,18H2. The number of rotatable bonds is 5. The molecule has 2 N–H and O–H groups in total. The molecule has 6 nitrogen and oxygen atoms in total. The summed E-state index contributed by atoms with van der Waals surface area (Å²) >= 11 is 0. The molecule has 2 aliphatic heterocycles. The number of hydrogen-bond acceptors (Lipinski definition) is 4. The van der Waals surface area contributed by atoms with E-state index in [-0.39, 0.29) is 0 Å². The number of hydrogen-bond donors (Lipinski definition) is 1. The van der Waals surface area contributed by atoms with Gasteiger partial charge in [0.1, 0.15) is 0 Å². The van der Waals surface area contributed by atoms with Gasteiger partial charge >= 0.3 is 0 Å². The molecule has 7 heteroatoms. The summed E-state index contributed by atoms with van der Waals surface area (Å²) in [4.78, 5) is 2.32. The van der Waals surface area contributed by atoms with E-state index < -0.39 is 10.2 Å². The fourth-order valence-electron chi connectivity index (χ4n) is 3.50. The molecule has 0 amide bonds. The number of piperidine rings is 1. The topological polar surface area (TPSA) is 69.9 Å². The normalized spacial score (nSPS) is 22.7. The fourth-order valence-corrected chi connectivity index (χ4v) is 5.12. The van der Waals surface area contributed by atoms with Crippen molar-refractivity contribution in [3.63, 3.8) is 0 Å². The molecular formula is C17H28N4O2S. The van der Waals surface area contributed by atoms with E-state index in [9.17, 15) is 8.42 Å². The van der Waals surface area contributed by atoms with Crippen molar-refractivity contribution in [2.24, 2.45) is 11.7 Å². The van der Waals surface area contributed by atoms with Crippen LogP contribution in [0.3, 0.4) is 0 Å². The summed E-state index contributed by atoms with van der Waals surface area (Å²) in [7, 11) is -3.31. The lowest BCUT2D eigenvalue weighted by molar-refractivity contribution is 0.170. The summed E-state index contributed by atoms with van der Waals surface area (Å²) in [6.45, 7) is 5.48. The fraction of sp³-hybridized carbons (Fsp3) is 0.647. The molecule has 2 heterocycles. The molecule has 0 aromatic heterocycles. The van der Waals surface area contributed by atoms with E-state index in [2.05, 4.69) is 17.0 Å². The molecule has 0 unspecified atom stereocenters. The monoisotopic (exact) mass is 352 g/mol. The number of benzene rings is 1. The molecule has 0 radical (unpaired) electrons. The molecule has 0 bridgehead atoms. The second-order valence-electron chi connectivity index (χ2n) is 6.75. The van der Waals surface area contributed by atoms with Crippen molar-refractivity contribution in [3.8, 4) is 0 Å². The molecule has 0 saturated carbocycles. The highest BCUT2D eigenvalue weighted by Crippen LogP contribution is 2.21. The maximum atomic E-state index is 12.8. The van der Waals surface area contributed by atoms with Crippen molar-refractivity contribution in [2.45, 2.75) is 19.4 Å². The SMILES string of the molecule is NCC1CCN(S(=O)(=O)N2CCN(Cc3ccccc3)CC2)CC1. The van der Waals surface area contributed by atoms with Crippen LogP contribution in [-0.2, 0) is 16.8 Å². The van der Waals surface area contributed by atoms with Crippen molar-refractivity contribution in [1.29, 1.82) is 0 Å². The molecule has 24 heavy (non-hydrogen) atoms. The van der Waals surface area contributed by atoms with Crippen LogP contribution < -0.4 is 5.73 Å². The second kappa shape index (κ2) is 7.93. The Hall–Kier alpha value is -0.990. The Morgan fingerprint density at radius 3 is 2.08 bits per heavy atom. The van der Waals surface area contributed by atoms with E-state index in [4.69, 9.17) is 5.73 Å². The number of piperazine rings is 1. The second-order valence-corrected chi connectivity index (χ2v) is 8.68. The summed E-state index contributed by atoms with van der Waals surface area (Å²) < 4.78 is 28.9. The Morgan fingerprint density at radius 1 is 0.917 bits per heavy atom. The molecule has 0 aliphatic carbocycles. The van der Waals surface area contributed by atoms with E-state index in [1.165, 1.54) is 5.56 Å². The van der Waals surface area contributed by atoms with Gasteiger partial charge in [-0.25, -0.2) is 0 Å². The van der Waals surface area contributed by atoms with Gasteiger partial charge in [0, 0.05) is 45.8 Å². The van der Waals surface area contributed by atoms with Gasteiger partial charge in [-0.1, -0.05) is 30.3 Å². The lowest BCUT2D eigenvalue weighted by atomic mass is 9.99. The Kier molecular flexibility index (Phi) is 5.89. The van der Waals surface area contributed by atoms with Crippen LogP contribution in [-0.4, -0.2) is 67.7 Å². The van der Waals surface area contributed by atoms with Crippen LogP contribution in [0.15, 0.2) is 30.3 Å². The van der Waals surface area contributed by atoms with Crippen LogP contribution in [0.1, 0.15) is 18.4 Å². The zero-order valence-corrected chi connectivity index (χ0v) is 15.0. The molecule has 2 fully saturated rings. The first kappa shape index (κ1) is 17.8. The van der Waals surface area contributed by atoms with Crippen molar-refractivity contribution < 1.29 is 8.42 Å². The van der Waals surface area contributed by atoms with Crippen LogP contribution >= 0.6 is 0 Å². The van der Waals surface area contributed by atoms with E-state index in [0.717, 1.165) is 32.5 Å². The van der Waals surface area contributed by atoms with Crippen LogP contribution in [0, 0.1) is 5.92 Å². The summed E-state index contributed by atoms with van der Waals surface area (Å²) in [5, 5.41) is 0. The third-order valence-corrected chi connectivity index (χ3v) is 7.18. The quantitative estimate of drug-likeness (QED) is 0.848. The van der Waals surface area contributed by atoms with Crippen molar-refractivity contribution >= 4 is 10.2 Å². The summed E-state index contributed by atoms with van der Waals surface area (Å²) in [6, 6.07) is 10.3. The molecule has 134 valence electrons. The molecule has 0 spiro atoms. The zero-order chi connectivity index (χ0) is 17.0. The van der Waals surface area contributed by atoms with Gasteiger partial charge in [0.25, 0.3) is 10.2 Å². The maximum absolute atomic E-state index is 12.8. The van der Waals surface area contributed by atoms with Crippen molar-refractivity contribution in [2.75, 3.05) is 45.8 Å². The predicted molar refractivity (Wildman–Crippen MR) is 95.6 cm³/mol. The summed E-state index contributed by atoms with van der Waals surface area (Å²) in [6.07, 6.45) is 1.76. The van der Waals surface area contributed by atoms with Crippen LogP contribution in [0.25, 0.3) is 0 Å². The molecular weight excluding hydrogens is 324 g/mol. The largest absolute Gasteiger partial charge is 0.330 e. The molecule has 2 saturated heterocycles. The van der Waals surface area contributed by atoms with Crippen LogP contribution in [0.4, 0.5) is 0 Å². The van der Waals surface area contributed by atoms with Gasteiger partial charge < -0.3 is 5.73 Å². The van der Waals surface area contributed by atoms with E-state index in [1.807, 2.05) is 18.2 Å². The van der Waals surface area contributed by atoms with Gasteiger partial charge in [-0.2, -0.15) is 17.0 Å². The minimum absolute atomic E-state index is 0.471. The van der Waals surface area contributed by atoms with Gasteiger partial charge in [0.05, 0.1) is 0 Å². The van der Waals surface area contributed by atoms with Gasteiger partial charge in [0.2, 0.25) is 0 Å². The van der Waals surface area contributed by atoms with Crippen molar-refractivity contribution in [1.82, 2.24) is 13.5 Å². The van der Waals surface area contributed by atoms with Gasteiger partial charge in [-0.3, -0.25) is 4.90 Å². The first-order valence-electron chi connectivity index (χ1n) is 8.81. The van der Waals surface area contributed by atoms with Gasteiger partial charge in [-0.15, -0.1) is 0 Å².